The van der Waals surface area contributed by atoms with Gasteiger partial charge in [0.25, 0.3) is 0 Å². The van der Waals surface area contributed by atoms with Gasteiger partial charge in [-0.05, 0) is 11.6 Å². The zero-order valence-corrected chi connectivity index (χ0v) is 10.6. The largest absolute Gasteiger partial charge is 0.378 e. The molecule has 4 nitrogen and oxygen atoms in total. The zero-order valence-electron chi connectivity index (χ0n) is 10.6. The SMILES string of the molecule is COC1(CNCc2ccccc2C#N)CCOC1. The Morgan fingerprint density at radius 2 is 2.33 bits per heavy atom. The molecule has 4 heteroatoms. The summed E-state index contributed by atoms with van der Waals surface area (Å²) < 4.78 is 10.9. The summed E-state index contributed by atoms with van der Waals surface area (Å²) in [5, 5.41) is 12.4. The van der Waals surface area contributed by atoms with E-state index in [0.717, 1.165) is 30.7 Å². The van der Waals surface area contributed by atoms with Gasteiger partial charge in [0.15, 0.2) is 0 Å². The molecule has 0 aliphatic carbocycles. The van der Waals surface area contributed by atoms with Crippen molar-refractivity contribution >= 4 is 0 Å². The van der Waals surface area contributed by atoms with Gasteiger partial charge in [-0.25, -0.2) is 0 Å². The highest BCUT2D eigenvalue weighted by Gasteiger charge is 2.34. The van der Waals surface area contributed by atoms with Crippen LogP contribution in [-0.2, 0) is 16.0 Å². The van der Waals surface area contributed by atoms with Crippen LogP contribution in [0.4, 0.5) is 0 Å². The molecule has 96 valence electrons. The molecule has 1 atom stereocenters. The van der Waals surface area contributed by atoms with E-state index >= 15 is 0 Å². The Labute approximate surface area is 108 Å². The van der Waals surface area contributed by atoms with Crippen LogP contribution < -0.4 is 5.32 Å². The standard InChI is InChI=1S/C14H18N2O2/c1-17-14(6-7-18-11-14)10-16-9-13-5-3-2-4-12(13)8-15/h2-5,16H,6-7,9-11H2,1H3. The Kier molecular flexibility index (Phi) is 4.32. The lowest BCUT2D eigenvalue weighted by Gasteiger charge is -2.26. The first kappa shape index (κ1) is 13.0. The molecule has 0 amide bonds. The summed E-state index contributed by atoms with van der Waals surface area (Å²) >= 11 is 0. The fourth-order valence-electron chi connectivity index (χ4n) is 2.17. The molecular weight excluding hydrogens is 228 g/mol. The molecule has 0 saturated carbocycles. The van der Waals surface area contributed by atoms with Crippen LogP contribution in [0.15, 0.2) is 24.3 Å². The third-order valence-corrected chi connectivity index (χ3v) is 3.40. The minimum atomic E-state index is -0.207. The second-order valence-corrected chi connectivity index (χ2v) is 4.56. The average Bonchev–Trinajstić information content (AvgIpc) is 2.89. The number of hydrogen-bond donors (Lipinski definition) is 1. The fraction of sp³-hybridized carbons (Fsp3) is 0.500. The Morgan fingerprint density at radius 1 is 1.50 bits per heavy atom. The molecule has 2 rings (SSSR count). The van der Waals surface area contributed by atoms with Crippen LogP contribution >= 0.6 is 0 Å². The molecule has 1 fully saturated rings. The highest BCUT2D eigenvalue weighted by Crippen LogP contribution is 2.21. The van der Waals surface area contributed by atoms with E-state index in [1.807, 2.05) is 24.3 Å². The normalized spacial score (nSPS) is 22.9. The lowest BCUT2D eigenvalue weighted by Crippen LogP contribution is -2.42. The van der Waals surface area contributed by atoms with Gasteiger partial charge in [-0.15, -0.1) is 0 Å². The lowest BCUT2D eigenvalue weighted by atomic mass is 10.0. The number of hydrogen-bond acceptors (Lipinski definition) is 4. The third-order valence-electron chi connectivity index (χ3n) is 3.40. The van der Waals surface area contributed by atoms with Crippen LogP contribution in [0.5, 0.6) is 0 Å². The molecule has 0 spiro atoms. The first-order chi connectivity index (χ1) is 8.79. The van der Waals surface area contributed by atoms with Crippen molar-refractivity contribution < 1.29 is 9.47 Å². The predicted molar refractivity (Wildman–Crippen MR) is 68.0 cm³/mol. The van der Waals surface area contributed by atoms with E-state index in [1.54, 1.807) is 7.11 Å². The number of rotatable bonds is 5. The van der Waals surface area contributed by atoms with Crippen molar-refractivity contribution in [3.05, 3.63) is 35.4 Å². The molecule has 1 heterocycles. The summed E-state index contributed by atoms with van der Waals surface area (Å²) in [5.74, 6) is 0. The van der Waals surface area contributed by atoms with Gasteiger partial charge in [0.1, 0.15) is 5.60 Å². The molecule has 1 aliphatic heterocycles. The van der Waals surface area contributed by atoms with Crippen molar-refractivity contribution in [1.29, 1.82) is 5.26 Å². The van der Waals surface area contributed by atoms with Gasteiger partial charge >= 0.3 is 0 Å². The molecule has 0 radical (unpaired) electrons. The summed E-state index contributed by atoms with van der Waals surface area (Å²) in [4.78, 5) is 0. The van der Waals surface area contributed by atoms with E-state index in [2.05, 4.69) is 11.4 Å². The van der Waals surface area contributed by atoms with Gasteiger partial charge in [0.05, 0.1) is 18.2 Å². The van der Waals surface area contributed by atoms with Crippen molar-refractivity contribution in [3.8, 4) is 6.07 Å². The van der Waals surface area contributed by atoms with Crippen LogP contribution in [-0.4, -0.2) is 32.5 Å². The Hall–Kier alpha value is -1.41. The van der Waals surface area contributed by atoms with Crippen molar-refractivity contribution in [3.63, 3.8) is 0 Å². The molecule has 1 unspecified atom stereocenters. The van der Waals surface area contributed by atoms with Crippen LogP contribution in [0.3, 0.4) is 0 Å². The van der Waals surface area contributed by atoms with E-state index in [0.29, 0.717) is 13.2 Å². The van der Waals surface area contributed by atoms with Gasteiger partial charge in [-0.2, -0.15) is 5.26 Å². The summed E-state index contributed by atoms with van der Waals surface area (Å²) in [6, 6.07) is 9.83. The van der Waals surface area contributed by atoms with Gasteiger partial charge in [0.2, 0.25) is 0 Å². The van der Waals surface area contributed by atoms with Crippen LogP contribution in [0.2, 0.25) is 0 Å². The molecule has 0 bridgehead atoms. The second-order valence-electron chi connectivity index (χ2n) is 4.56. The summed E-state index contributed by atoms with van der Waals surface area (Å²) in [6.45, 7) is 2.80. The Morgan fingerprint density at radius 3 is 3.00 bits per heavy atom. The predicted octanol–water partition coefficient (Wildman–Crippen LogP) is 1.45. The topological polar surface area (TPSA) is 54.3 Å². The second kappa shape index (κ2) is 5.96. The average molecular weight is 246 g/mol. The van der Waals surface area contributed by atoms with E-state index in [9.17, 15) is 0 Å². The summed E-state index contributed by atoms with van der Waals surface area (Å²) in [6.07, 6.45) is 0.913. The van der Waals surface area contributed by atoms with E-state index in [4.69, 9.17) is 14.7 Å². The molecule has 1 aliphatic rings. The molecule has 18 heavy (non-hydrogen) atoms. The first-order valence-electron chi connectivity index (χ1n) is 6.11. The highest BCUT2D eigenvalue weighted by molar-refractivity contribution is 5.37. The van der Waals surface area contributed by atoms with Crippen molar-refractivity contribution in [2.45, 2.75) is 18.6 Å². The van der Waals surface area contributed by atoms with Crippen LogP contribution in [0, 0.1) is 11.3 Å². The maximum Gasteiger partial charge on any atom is 0.106 e. The van der Waals surface area contributed by atoms with Crippen LogP contribution in [0.25, 0.3) is 0 Å². The third kappa shape index (κ3) is 2.88. The Bertz CT molecular complexity index is 434. The molecule has 1 saturated heterocycles. The molecular formula is C14H18N2O2. The summed E-state index contributed by atoms with van der Waals surface area (Å²) in [7, 11) is 1.72. The maximum absolute atomic E-state index is 9.00. The zero-order chi connectivity index (χ0) is 12.8. The number of methoxy groups -OCH3 is 1. The fourth-order valence-corrected chi connectivity index (χ4v) is 2.17. The Balaban J connectivity index is 1.90. The van der Waals surface area contributed by atoms with Crippen LogP contribution in [0.1, 0.15) is 17.5 Å². The number of nitriles is 1. The monoisotopic (exact) mass is 246 g/mol. The van der Waals surface area contributed by atoms with Crippen molar-refractivity contribution in [1.82, 2.24) is 5.32 Å². The van der Waals surface area contributed by atoms with Gasteiger partial charge in [-0.3, -0.25) is 0 Å². The van der Waals surface area contributed by atoms with Crippen molar-refractivity contribution in [2.75, 3.05) is 26.9 Å². The lowest BCUT2D eigenvalue weighted by molar-refractivity contribution is -0.0159. The highest BCUT2D eigenvalue weighted by atomic mass is 16.5. The minimum absolute atomic E-state index is 0.207. The smallest absolute Gasteiger partial charge is 0.106 e. The van der Waals surface area contributed by atoms with E-state index in [1.165, 1.54) is 0 Å². The number of ether oxygens (including phenoxy) is 2. The van der Waals surface area contributed by atoms with E-state index < -0.39 is 0 Å². The molecule has 1 N–H and O–H groups in total. The molecule has 1 aromatic rings. The number of benzene rings is 1. The summed E-state index contributed by atoms with van der Waals surface area (Å²) in [5.41, 5.74) is 1.53. The molecule has 1 aromatic carbocycles. The molecule has 0 aromatic heterocycles. The number of nitrogens with one attached hydrogen (secondary N) is 1. The van der Waals surface area contributed by atoms with Gasteiger partial charge < -0.3 is 14.8 Å². The first-order valence-corrected chi connectivity index (χ1v) is 6.11. The van der Waals surface area contributed by atoms with Crippen molar-refractivity contribution in [2.24, 2.45) is 0 Å². The maximum atomic E-state index is 9.00. The minimum Gasteiger partial charge on any atom is -0.378 e. The van der Waals surface area contributed by atoms with Gasteiger partial charge in [0, 0.05) is 33.2 Å². The quantitative estimate of drug-likeness (QED) is 0.854. The number of nitrogens with zero attached hydrogens (tertiary/aromatic N) is 1. The van der Waals surface area contributed by atoms with E-state index in [-0.39, 0.29) is 5.60 Å². The van der Waals surface area contributed by atoms with Gasteiger partial charge in [-0.1, -0.05) is 18.2 Å².